The topological polar surface area (TPSA) is 94.7 Å². The largest absolute Gasteiger partial charge is 0.492 e. The summed E-state index contributed by atoms with van der Waals surface area (Å²) in [6.07, 6.45) is 11.9. The van der Waals surface area contributed by atoms with Crippen LogP contribution in [0.4, 0.5) is 0 Å². The third-order valence-electron chi connectivity index (χ3n) is 8.87. The fraction of sp³-hybridized carbons (Fsp3) is 0.606. The fourth-order valence-corrected chi connectivity index (χ4v) is 7.33. The number of fused-ring (bicyclic) bond motifs is 4. The van der Waals surface area contributed by atoms with Crippen molar-refractivity contribution in [1.82, 2.24) is 20.1 Å². The van der Waals surface area contributed by atoms with Gasteiger partial charge in [-0.05, 0) is 88.3 Å². The first-order chi connectivity index (χ1) is 20.4. The van der Waals surface area contributed by atoms with Gasteiger partial charge >= 0.3 is 0 Å². The predicted molar refractivity (Wildman–Crippen MR) is 174 cm³/mol. The summed E-state index contributed by atoms with van der Waals surface area (Å²) in [5.74, 6) is 1.22. The van der Waals surface area contributed by atoms with Gasteiger partial charge in [0, 0.05) is 57.5 Å². The molecule has 4 heterocycles. The number of amides is 3. The number of benzene rings is 1. The van der Waals surface area contributed by atoms with Crippen molar-refractivity contribution in [2.45, 2.75) is 90.3 Å². The maximum Gasteiger partial charge on any atom is 0.253 e. The molecule has 1 saturated heterocycles. The van der Waals surface area contributed by atoms with Crippen molar-refractivity contribution in [1.29, 1.82) is 0 Å². The molecule has 234 valence electrons. The van der Waals surface area contributed by atoms with Crippen LogP contribution in [0.15, 0.2) is 29.3 Å². The Labute approximate surface area is 258 Å². The number of thioether (sulfide) groups is 1. The Hall–Kier alpha value is -2.78. The Balaban J connectivity index is 0.000000280. The zero-order chi connectivity index (χ0) is 30.2. The number of ether oxygens (including phenoxy) is 1. The third-order valence-corrected chi connectivity index (χ3v) is 9.62. The monoisotopic (exact) mass is 600 g/mol. The summed E-state index contributed by atoms with van der Waals surface area (Å²) in [4.78, 5) is 42.2. The van der Waals surface area contributed by atoms with E-state index in [0.717, 1.165) is 51.0 Å². The fourth-order valence-electron chi connectivity index (χ4n) is 6.63. The minimum Gasteiger partial charge on any atom is -0.492 e. The molecule has 2 aromatic rings. The van der Waals surface area contributed by atoms with Gasteiger partial charge in [-0.1, -0.05) is 20.8 Å². The molecule has 3 aliphatic heterocycles. The number of nitrogens with one attached hydrogen (secondary N) is 2. The standard InChI is InChI=1S/C17H22N2OS.C14H20N2O3.C2H6.2H2/c1-3-12-13-6-7-15-14(16(13)18-17(12)21-2)9-19-8-4-5-11(19)10-20-15;1-2-15-14(19)11-5-3-10(4-6-11)9-16-12(17)7-8-13(16)18;1-2;;/h6-7,11,18H,3-5,8-10H2,1-2H3;7-8,10-11H,2-6,9H2,1H3,(H,15,19);1-2H3;2*1H. The highest BCUT2D eigenvalue weighted by atomic mass is 32.2. The van der Waals surface area contributed by atoms with Gasteiger partial charge in [-0.2, -0.15) is 0 Å². The molecule has 9 heteroatoms. The number of hydrogen-bond acceptors (Lipinski definition) is 6. The first-order valence-electron chi connectivity index (χ1n) is 15.8. The van der Waals surface area contributed by atoms with Crippen LogP contribution < -0.4 is 10.1 Å². The second kappa shape index (κ2) is 15.1. The third kappa shape index (κ3) is 7.05. The predicted octanol–water partition coefficient (Wildman–Crippen LogP) is 6.18. The van der Waals surface area contributed by atoms with Crippen LogP contribution in [0.3, 0.4) is 0 Å². The summed E-state index contributed by atoms with van der Waals surface area (Å²) in [7, 11) is 0. The van der Waals surface area contributed by atoms with Crippen LogP contribution in [0.2, 0.25) is 0 Å². The first-order valence-corrected chi connectivity index (χ1v) is 17.0. The van der Waals surface area contributed by atoms with Crippen molar-refractivity contribution in [2.75, 3.05) is 32.5 Å². The second-order valence-corrected chi connectivity index (χ2v) is 12.1. The zero-order valence-electron chi connectivity index (χ0n) is 26.0. The van der Waals surface area contributed by atoms with E-state index in [2.05, 4.69) is 40.5 Å². The molecule has 2 fully saturated rings. The van der Waals surface area contributed by atoms with Gasteiger partial charge in [-0.15, -0.1) is 11.8 Å². The lowest BCUT2D eigenvalue weighted by atomic mass is 9.81. The molecule has 0 radical (unpaired) electrons. The summed E-state index contributed by atoms with van der Waals surface area (Å²) in [5, 5.41) is 5.53. The molecule has 1 aliphatic carbocycles. The maximum atomic E-state index is 11.7. The van der Waals surface area contributed by atoms with E-state index in [0.29, 0.717) is 25.0 Å². The number of imide groups is 1. The van der Waals surface area contributed by atoms with Crippen molar-refractivity contribution >= 4 is 40.4 Å². The van der Waals surface area contributed by atoms with Crippen LogP contribution >= 0.6 is 11.8 Å². The molecule has 1 aromatic carbocycles. The Kier molecular flexibility index (Phi) is 11.6. The van der Waals surface area contributed by atoms with E-state index in [1.54, 1.807) is 0 Å². The average molecular weight is 601 g/mol. The van der Waals surface area contributed by atoms with Crippen LogP contribution in [0.1, 0.15) is 80.2 Å². The summed E-state index contributed by atoms with van der Waals surface area (Å²) in [5.41, 5.74) is 4.09. The minimum absolute atomic E-state index is 0. The van der Waals surface area contributed by atoms with Gasteiger partial charge in [0.1, 0.15) is 12.4 Å². The van der Waals surface area contributed by atoms with Crippen LogP contribution in [0.5, 0.6) is 5.75 Å². The van der Waals surface area contributed by atoms with Crippen molar-refractivity contribution in [3.05, 3.63) is 35.4 Å². The summed E-state index contributed by atoms with van der Waals surface area (Å²) < 4.78 is 6.12. The van der Waals surface area contributed by atoms with Gasteiger partial charge in [-0.25, -0.2) is 0 Å². The summed E-state index contributed by atoms with van der Waals surface area (Å²) in [6, 6.07) is 5.02. The van der Waals surface area contributed by atoms with Crippen LogP contribution in [-0.2, 0) is 27.3 Å². The van der Waals surface area contributed by atoms with Gasteiger partial charge < -0.3 is 15.0 Å². The van der Waals surface area contributed by atoms with Gasteiger partial charge in [0.2, 0.25) is 5.91 Å². The highest BCUT2D eigenvalue weighted by Crippen LogP contribution is 2.38. The molecule has 0 spiro atoms. The number of hydrogen-bond donors (Lipinski definition) is 2. The Bertz CT molecular complexity index is 1270. The van der Waals surface area contributed by atoms with E-state index in [4.69, 9.17) is 4.74 Å². The van der Waals surface area contributed by atoms with Crippen molar-refractivity contribution in [2.24, 2.45) is 11.8 Å². The van der Waals surface area contributed by atoms with Crippen molar-refractivity contribution in [3.63, 3.8) is 0 Å². The lowest BCUT2D eigenvalue weighted by Gasteiger charge is -2.29. The molecule has 8 nitrogen and oxygen atoms in total. The number of H-pyrrole nitrogens is 1. The Morgan fingerprint density at radius 2 is 1.81 bits per heavy atom. The van der Waals surface area contributed by atoms with Gasteiger partial charge in [-0.3, -0.25) is 24.2 Å². The molecule has 2 N–H and O–H groups in total. The lowest BCUT2D eigenvalue weighted by molar-refractivity contribution is -0.138. The smallest absolute Gasteiger partial charge is 0.253 e. The van der Waals surface area contributed by atoms with Crippen molar-refractivity contribution < 1.29 is 22.0 Å². The summed E-state index contributed by atoms with van der Waals surface area (Å²) >= 11 is 1.81. The number of aromatic amines is 1. The molecule has 1 unspecified atom stereocenters. The van der Waals surface area contributed by atoms with Gasteiger partial charge in [0.15, 0.2) is 0 Å². The minimum atomic E-state index is -0.212. The van der Waals surface area contributed by atoms with E-state index >= 15 is 0 Å². The molecule has 0 bridgehead atoms. The quantitative estimate of drug-likeness (QED) is 0.304. The molecule has 1 atom stereocenters. The molecule has 1 saturated carbocycles. The van der Waals surface area contributed by atoms with E-state index in [1.165, 1.54) is 63.5 Å². The van der Waals surface area contributed by atoms with Gasteiger partial charge in [0.05, 0.1) is 10.5 Å². The normalized spacial score (nSPS) is 23.3. The van der Waals surface area contributed by atoms with Crippen LogP contribution in [-0.4, -0.2) is 71.0 Å². The number of carbonyl (C=O) groups is 3. The van der Waals surface area contributed by atoms with E-state index < -0.39 is 0 Å². The Morgan fingerprint density at radius 1 is 1.10 bits per heavy atom. The first kappa shape index (κ1) is 32.1. The number of aromatic nitrogens is 1. The number of aryl methyl sites for hydroxylation is 1. The molecule has 3 amide bonds. The van der Waals surface area contributed by atoms with Crippen molar-refractivity contribution in [3.8, 4) is 5.75 Å². The molecular weight excluding hydrogens is 548 g/mol. The maximum absolute atomic E-state index is 11.7. The molecular formula is C33H52N4O4S. The van der Waals surface area contributed by atoms with Gasteiger partial charge in [0.25, 0.3) is 11.8 Å². The molecule has 6 rings (SSSR count). The van der Waals surface area contributed by atoms with Crippen LogP contribution in [0.25, 0.3) is 10.9 Å². The second-order valence-electron chi connectivity index (χ2n) is 11.3. The Morgan fingerprint density at radius 3 is 2.45 bits per heavy atom. The number of rotatable bonds is 6. The van der Waals surface area contributed by atoms with E-state index in [1.807, 2.05) is 32.5 Å². The summed E-state index contributed by atoms with van der Waals surface area (Å²) in [6.45, 7) is 12.4. The molecule has 42 heavy (non-hydrogen) atoms. The van der Waals surface area contributed by atoms with E-state index in [9.17, 15) is 14.4 Å². The molecule has 1 aromatic heterocycles. The number of nitrogens with zero attached hydrogens (tertiary/aromatic N) is 2. The SMILES string of the molecule is CC.CCNC(=O)C1CCC(CN2C(=O)C=CC2=O)CC1.CCc1c(SC)[nH]c2c3c(ccc12)OCC1CCCN1C3.[HH].[HH]. The van der Waals surface area contributed by atoms with Crippen LogP contribution in [0, 0.1) is 11.8 Å². The highest BCUT2D eigenvalue weighted by Gasteiger charge is 2.32. The zero-order valence-corrected chi connectivity index (χ0v) is 26.8. The highest BCUT2D eigenvalue weighted by molar-refractivity contribution is 7.98. The average Bonchev–Trinajstić information content (AvgIpc) is 3.68. The lowest BCUT2D eigenvalue weighted by Crippen LogP contribution is -2.38. The van der Waals surface area contributed by atoms with E-state index in [-0.39, 0.29) is 26.5 Å². The molecule has 4 aliphatic rings. The number of carbonyl (C=O) groups excluding carboxylic acids is 3.